The van der Waals surface area contributed by atoms with Gasteiger partial charge in [-0.15, -0.1) is 0 Å². The Balaban J connectivity index is -0.000000372. The number of methoxy groups -OCH3 is 1. The third-order valence-corrected chi connectivity index (χ3v) is 2.73. The highest BCUT2D eigenvalue weighted by Crippen LogP contribution is 1.96. The predicted molar refractivity (Wildman–Crippen MR) is 96.3 cm³/mol. The van der Waals surface area contributed by atoms with Crippen LogP contribution in [0.15, 0.2) is 0 Å². The quantitative estimate of drug-likeness (QED) is 0.174. The molecule has 0 aliphatic rings. The van der Waals surface area contributed by atoms with E-state index in [0.717, 1.165) is 0 Å². The van der Waals surface area contributed by atoms with Gasteiger partial charge in [-0.2, -0.15) is 0 Å². The van der Waals surface area contributed by atoms with E-state index >= 15 is 0 Å². The number of ether oxygens (including phenoxy) is 2. The van der Waals surface area contributed by atoms with Crippen molar-refractivity contribution in [3.05, 3.63) is 0 Å². The first-order valence-electron chi connectivity index (χ1n) is 8.08. The molecule has 0 fully saturated rings. The molecule has 0 rings (SSSR count). The molecule has 0 saturated carbocycles. The zero-order valence-electron chi connectivity index (χ0n) is 16.0. The van der Waals surface area contributed by atoms with E-state index in [4.69, 9.17) is 35.6 Å². The minimum atomic E-state index is -1.07. The first-order valence-corrected chi connectivity index (χ1v) is 8.08. The van der Waals surface area contributed by atoms with Gasteiger partial charge in [-0.3, -0.25) is 14.4 Å². The van der Waals surface area contributed by atoms with Crippen LogP contribution in [0.25, 0.3) is 0 Å². The van der Waals surface area contributed by atoms with Gasteiger partial charge in [0.1, 0.15) is 12.1 Å². The molecule has 0 bridgehead atoms. The fourth-order valence-corrected chi connectivity index (χ4v) is 1.06. The Morgan fingerprint density at radius 3 is 1.81 bits per heavy atom. The van der Waals surface area contributed by atoms with Crippen LogP contribution in [0.2, 0.25) is 0 Å². The van der Waals surface area contributed by atoms with Gasteiger partial charge in [0.25, 0.3) is 0 Å². The van der Waals surface area contributed by atoms with E-state index in [0.29, 0.717) is 26.4 Å². The molecule has 0 aliphatic heterocycles. The van der Waals surface area contributed by atoms with E-state index in [2.05, 4.69) is 11.1 Å². The highest BCUT2D eigenvalue weighted by Gasteiger charge is 2.14. The van der Waals surface area contributed by atoms with Gasteiger partial charge < -0.3 is 46.7 Å². The monoisotopic (exact) mass is 399 g/mol. The number of carboxylic acids is 3. The lowest BCUT2D eigenvalue weighted by Gasteiger charge is -2.11. The first-order chi connectivity index (χ1) is 12.5. The minimum absolute atomic E-state index is 0.0208. The molecule has 2 atom stereocenters. The van der Waals surface area contributed by atoms with E-state index in [1.165, 1.54) is 0 Å². The van der Waals surface area contributed by atoms with Crippen LogP contribution in [-0.4, -0.2) is 97.0 Å². The highest BCUT2D eigenvalue weighted by molar-refractivity contribution is 5.73. The Bertz CT molecular complexity index is 395. The lowest BCUT2D eigenvalue weighted by atomic mass is 10.1. The Kier molecular flexibility index (Phi) is 22.7. The number of aliphatic hydroxyl groups is 1. The molecule has 0 aromatic carbocycles. The van der Waals surface area contributed by atoms with Crippen LogP contribution >= 0.6 is 0 Å². The second kappa shape index (κ2) is 20.5. The summed E-state index contributed by atoms with van der Waals surface area (Å²) in [6, 6.07) is -1.63. The Morgan fingerprint density at radius 1 is 1.04 bits per heavy atom. The molecular formula is C15H33N3O9. The van der Waals surface area contributed by atoms with Gasteiger partial charge in [0.15, 0.2) is 0 Å². The summed E-state index contributed by atoms with van der Waals surface area (Å²) in [5.74, 6) is -2.94. The molecule has 0 aromatic heterocycles. The normalized spacial score (nSPS) is 12.1. The number of aliphatic hydroxyl groups excluding tert-OH is 1. The molecule has 0 aliphatic carbocycles. The molecule has 0 spiro atoms. The van der Waals surface area contributed by atoms with Crippen molar-refractivity contribution >= 4 is 17.9 Å². The van der Waals surface area contributed by atoms with Crippen molar-refractivity contribution in [3.8, 4) is 0 Å². The SMILES string of the molecule is CC(C)[C@H](N)C(=O)O.COCCOCCN[C@@H](CO)C(=O)O.NCC(=O)O. The maximum absolute atomic E-state index is 10.4. The largest absolute Gasteiger partial charge is 0.480 e. The van der Waals surface area contributed by atoms with Crippen molar-refractivity contribution in [1.82, 2.24) is 5.32 Å². The number of aliphatic carboxylic acids is 3. The lowest BCUT2D eigenvalue weighted by Crippen LogP contribution is -2.41. The number of carboxylic acid groups (broad SMARTS) is 3. The minimum Gasteiger partial charge on any atom is -0.480 e. The van der Waals surface area contributed by atoms with Gasteiger partial charge in [0, 0.05) is 13.7 Å². The Labute approximate surface area is 158 Å². The maximum atomic E-state index is 10.4. The predicted octanol–water partition coefficient (Wildman–Crippen LogP) is -2.23. The number of hydrogen-bond donors (Lipinski definition) is 7. The third kappa shape index (κ3) is 24.2. The molecule has 9 N–H and O–H groups in total. The fourth-order valence-electron chi connectivity index (χ4n) is 1.06. The van der Waals surface area contributed by atoms with Gasteiger partial charge in [0.05, 0.1) is 33.0 Å². The summed E-state index contributed by atoms with van der Waals surface area (Å²) in [5, 5.41) is 35.6. The van der Waals surface area contributed by atoms with Gasteiger partial charge in [-0.05, 0) is 5.92 Å². The highest BCUT2D eigenvalue weighted by atomic mass is 16.5. The second-order valence-corrected chi connectivity index (χ2v) is 5.34. The molecule has 12 heteroatoms. The molecule has 0 aromatic rings. The van der Waals surface area contributed by atoms with Crippen molar-refractivity contribution in [2.75, 3.05) is 46.6 Å². The van der Waals surface area contributed by atoms with E-state index in [1.54, 1.807) is 21.0 Å². The molecule has 27 heavy (non-hydrogen) atoms. The zero-order valence-corrected chi connectivity index (χ0v) is 16.0. The van der Waals surface area contributed by atoms with E-state index in [1.807, 2.05) is 0 Å². The zero-order chi connectivity index (χ0) is 21.8. The van der Waals surface area contributed by atoms with Gasteiger partial charge in [0.2, 0.25) is 0 Å². The van der Waals surface area contributed by atoms with E-state index in [9.17, 15) is 14.4 Å². The summed E-state index contributed by atoms with van der Waals surface area (Å²) in [7, 11) is 1.58. The molecule has 0 radical (unpaired) electrons. The Hall–Kier alpha value is -1.83. The smallest absolute Gasteiger partial charge is 0.323 e. The van der Waals surface area contributed by atoms with Crippen molar-refractivity contribution in [3.63, 3.8) is 0 Å². The van der Waals surface area contributed by atoms with Crippen LogP contribution in [0.4, 0.5) is 0 Å². The molecular weight excluding hydrogens is 366 g/mol. The number of nitrogens with one attached hydrogen (secondary N) is 1. The van der Waals surface area contributed by atoms with Crippen molar-refractivity contribution in [1.29, 1.82) is 0 Å². The van der Waals surface area contributed by atoms with Crippen LogP contribution in [-0.2, 0) is 23.9 Å². The molecule has 12 nitrogen and oxygen atoms in total. The molecule has 162 valence electrons. The van der Waals surface area contributed by atoms with Crippen LogP contribution in [0.3, 0.4) is 0 Å². The summed E-state index contributed by atoms with van der Waals surface area (Å²) in [5.41, 5.74) is 9.73. The Morgan fingerprint density at radius 2 is 1.56 bits per heavy atom. The van der Waals surface area contributed by atoms with Gasteiger partial charge in [-0.25, -0.2) is 0 Å². The number of nitrogens with two attached hydrogens (primary N) is 2. The van der Waals surface area contributed by atoms with Crippen molar-refractivity contribution in [2.24, 2.45) is 17.4 Å². The van der Waals surface area contributed by atoms with Crippen LogP contribution < -0.4 is 16.8 Å². The van der Waals surface area contributed by atoms with Crippen molar-refractivity contribution < 1.29 is 44.3 Å². The third-order valence-electron chi connectivity index (χ3n) is 2.73. The maximum Gasteiger partial charge on any atom is 0.323 e. The standard InChI is InChI=1S/C8H17NO5.C5H11NO2.C2H5NO2/c1-13-4-5-14-3-2-9-7(6-10)8(11)12;1-3(2)4(6)5(7)8;3-1-2(4)5/h7,9-10H,2-6H2,1H3,(H,11,12);3-4H,6H2,1-2H3,(H,7,8);1,3H2,(H,4,5)/t7-;4-;/m00./s1. The molecule has 0 unspecified atom stereocenters. The lowest BCUT2D eigenvalue weighted by molar-refractivity contribution is -0.141. The molecule has 0 saturated heterocycles. The second-order valence-electron chi connectivity index (χ2n) is 5.34. The average Bonchev–Trinajstić information content (AvgIpc) is 2.60. The van der Waals surface area contributed by atoms with Crippen LogP contribution in [0.1, 0.15) is 13.8 Å². The van der Waals surface area contributed by atoms with Crippen LogP contribution in [0.5, 0.6) is 0 Å². The van der Waals surface area contributed by atoms with Gasteiger partial charge >= 0.3 is 17.9 Å². The summed E-state index contributed by atoms with van der Waals surface area (Å²) >= 11 is 0. The molecule has 0 amide bonds. The topological polar surface area (TPSA) is 215 Å². The summed E-state index contributed by atoms with van der Waals surface area (Å²) in [4.78, 5) is 29.7. The summed E-state index contributed by atoms with van der Waals surface area (Å²) in [6.45, 7) is 4.64. The van der Waals surface area contributed by atoms with Crippen molar-refractivity contribution in [2.45, 2.75) is 25.9 Å². The first kappa shape index (κ1) is 29.9. The van der Waals surface area contributed by atoms with Crippen LogP contribution in [0, 0.1) is 5.92 Å². The molecule has 0 heterocycles. The van der Waals surface area contributed by atoms with E-state index in [-0.39, 0.29) is 12.5 Å². The van der Waals surface area contributed by atoms with Gasteiger partial charge in [-0.1, -0.05) is 13.8 Å². The number of hydrogen-bond acceptors (Lipinski definition) is 9. The fraction of sp³-hybridized carbons (Fsp3) is 0.800. The van der Waals surface area contributed by atoms with E-state index < -0.39 is 36.6 Å². The summed E-state index contributed by atoms with van der Waals surface area (Å²) < 4.78 is 9.84. The number of carbonyl (C=O) groups is 3. The average molecular weight is 399 g/mol. The summed E-state index contributed by atoms with van der Waals surface area (Å²) in [6.07, 6.45) is 0. The number of rotatable bonds is 12.